The number of nitrogens with two attached hydrogens (primary N) is 1. The predicted molar refractivity (Wildman–Crippen MR) is 87.1 cm³/mol. The van der Waals surface area contributed by atoms with Crippen LogP contribution in [0.4, 0.5) is 5.82 Å². The van der Waals surface area contributed by atoms with Crippen molar-refractivity contribution in [2.45, 2.75) is 19.8 Å². The molecule has 0 aliphatic rings. The molecule has 0 aliphatic heterocycles. The van der Waals surface area contributed by atoms with Gasteiger partial charge in [-0.3, -0.25) is 4.79 Å². The molecular weight excluding hydrogens is 316 g/mol. The Morgan fingerprint density at radius 1 is 1.26 bits per heavy atom. The fraction of sp³-hybridized carbons (Fsp3) is 0.188. The molecule has 0 aliphatic carbocycles. The van der Waals surface area contributed by atoms with E-state index in [4.69, 9.17) is 17.3 Å². The quantitative estimate of drug-likeness (QED) is 0.781. The van der Waals surface area contributed by atoms with Crippen LogP contribution in [0.1, 0.15) is 36.5 Å². The maximum absolute atomic E-state index is 12.0. The summed E-state index contributed by atoms with van der Waals surface area (Å²) in [5.41, 5.74) is 5.46. The van der Waals surface area contributed by atoms with Crippen molar-refractivity contribution >= 4 is 17.4 Å². The molecule has 0 spiro atoms. The minimum Gasteiger partial charge on any atom is -0.506 e. The van der Waals surface area contributed by atoms with Gasteiger partial charge < -0.3 is 15.8 Å². The summed E-state index contributed by atoms with van der Waals surface area (Å²) in [6.07, 6.45) is 0. The fourth-order valence-electron chi connectivity index (χ4n) is 2.26. The molecule has 1 aromatic heterocycles. The normalized spacial score (nSPS) is 10.3. The fourth-order valence-corrected chi connectivity index (χ4v) is 2.48. The lowest BCUT2D eigenvalue weighted by molar-refractivity contribution is 0.477. The molecule has 0 saturated carbocycles. The van der Waals surface area contributed by atoms with Crippen LogP contribution in [0.3, 0.4) is 0 Å². The summed E-state index contributed by atoms with van der Waals surface area (Å²) < 4.78 is 0. The predicted octanol–water partition coefficient (Wildman–Crippen LogP) is 2.85. The number of aromatic hydroxyl groups is 1. The highest BCUT2D eigenvalue weighted by molar-refractivity contribution is 6.32. The van der Waals surface area contributed by atoms with Crippen LogP contribution in [0, 0.1) is 22.7 Å². The summed E-state index contributed by atoms with van der Waals surface area (Å²) in [6, 6.07) is 6.81. The molecule has 0 unspecified atom stereocenters. The van der Waals surface area contributed by atoms with Gasteiger partial charge in [0.25, 0.3) is 5.56 Å². The number of pyridine rings is 1. The molecule has 0 atom stereocenters. The third kappa shape index (κ3) is 2.73. The number of rotatable bonds is 2. The Hall–Kier alpha value is -2.96. The summed E-state index contributed by atoms with van der Waals surface area (Å²) in [6.45, 7) is 3.85. The van der Waals surface area contributed by atoms with E-state index in [0.29, 0.717) is 0 Å². The number of nitrogens with one attached hydrogen (secondary N) is 1. The highest BCUT2D eigenvalue weighted by atomic mass is 35.5. The zero-order valence-corrected chi connectivity index (χ0v) is 13.2. The number of nitrogens with zero attached hydrogens (tertiary/aromatic N) is 2. The Morgan fingerprint density at radius 2 is 1.87 bits per heavy atom. The Morgan fingerprint density at radius 3 is 2.39 bits per heavy atom. The van der Waals surface area contributed by atoms with Crippen LogP contribution in [0.15, 0.2) is 16.9 Å². The second-order valence-electron chi connectivity index (χ2n) is 5.27. The van der Waals surface area contributed by atoms with Gasteiger partial charge in [-0.05, 0) is 23.6 Å². The monoisotopic (exact) mass is 328 g/mol. The lowest BCUT2D eigenvalue weighted by atomic mass is 9.92. The van der Waals surface area contributed by atoms with Crippen molar-refractivity contribution in [1.29, 1.82) is 10.5 Å². The molecule has 0 saturated heterocycles. The maximum Gasteiger partial charge on any atom is 0.268 e. The molecule has 2 aromatic rings. The van der Waals surface area contributed by atoms with Crippen molar-refractivity contribution in [2.24, 2.45) is 0 Å². The van der Waals surface area contributed by atoms with Crippen molar-refractivity contribution < 1.29 is 5.11 Å². The van der Waals surface area contributed by atoms with Gasteiger partial charge in [0, 0.05) is 11.1 Å². The minimum absolute atomic E-state index is 0.0156. The van der Waals surface area contributed by atoms with Gasteiger partial charge in [0.1, 0.15) is 34.8 Å². The van der Waals surface area contributed by atoms with Crippen molar-refractivity contribution in [2.75, 3.05) is 5.73 Å². The standard InChI is InChI=1S/C16H13ClN4O2/c1-7(2)8-3-9(14(22)12(17)4-8)13-10(5-18)15(20)21-16(23)11(13)6-19/h3-4,7,22H,1-2H3,(H3,20,21,23). The number of hydrogen-bond donors (Lipinski definition) is 3. The first kappa shape index (κ1) is 16.4. The number of phenols is 1. The van der Waals surface area contributed by atoms with Crippen molar-refractivity contribution in [3.05, 3.63) is 44.2 Å². The van der Waals surface area contributed by atoms with Crippen LogP contribution in [0.5, 0.6) is 5.75 Å². The number of aromatic nitrogens is 1. The number of nitriles is 2. The SMILES string of the molecule is CC(C)c1cc(Cl)c(O)c(-c2c(C#N)c(N)[nH]c(=O)c2C#N)c1. The third-order valence-corrected chi connectivity index (χ3v) is 3.78. The van der Waals surface area contributed by atoms with Gasteiger partial charge in [0.15, 0.2) is 0 Å². The largest absolute Gasteiger partial charge is 0.506 e. The van der Waals surface area contributed by atoms with E-state index in [-0.39, 0.29) is 44.8 Å². The van der Waals surface area contributed by atoms with Crippen LogP contribution < -0.4 is 11.3 Å². The molecule has 23 heavy (non-hydrogen) atoms. The van der Waals surface area contributed by atoms with Crippen LogP contribution in [0.25, 0.3) is 11.1 Å². The summed E-state index contributed by atoms with van der Waals surface area (Å²) >= 11 is 6.05. The van der Waals surface area contributed by atoms with E-state index in [1.165, 1.54) is 0 Å². The Bertz CT molecular complexity index is 933. The lowest BCUT2D eigenvalue weighted by Gasteiger charge is -2.14. The van der Waals surface area contributed by atoms with E-state index in [9.17, 15) is 20.4 Å². The maximum atomic E-state index is 12.0. The van der Waals surface area contributed by atoms with Crippen molar-refractivity contribution in [1.82, 2.24) is 4.98 Å². The average molecular weight is 329 g/mol. The van der Waals surface area contributed by atoms with Gasteiger partial charge in [-0.1, -0.05) is 25.4 Å². The number of benzene rings is 1. The van der Waals surface area contributed by atoms with E-state index in [1.807, 2.05) is 19.9 Å². The smallest absolute Gasteiger partial charge is 0.268 e. The van der Waals surface area contributed by atoms with E-state index >= 15 is 0 Å². The molecule has 0 radical (unpaired) electrons. The summed E-state index contributed by atoms with van der Waals surface area (Å²) in [7, 11) is 0. The van der Waals surface area contributed by atoms with E-state index < -0.39 is 5.56 Å². The van der Waals surface area contributed by atoms with Crippen LogP contribution in [-0.2, 0) is 0 Å². The van der Waals surface area contributed by atoms with Gasteiger partial charge in [-0.2, -0.15) is 10.5 Å². The average Bonchev–Trinajstić information content (AvgIpc) is 2.49. The molecule has 1 heterocycles. The second-order valence-corrected chi connectivity index (χ2v) is 5.68. The zero-order chi connectivity index (χ0) is 17.3. The Kier molecular flexibility index (Phi) is 4.31. The molecule has 0 fully saturated rings. The Balaban J connectivity index is 3.01. The topological polar surface area (TPSA) is 127 Å². The van der Waals surface area contributed by atoms with E-state index in [0.717, 1.165) is 5.56 Å². The number of nitrogen functional groups attached to an aromatic ring is 1. The van der Waals surface area contributed by atoms with Gasteiger partial charge in [-0.25, -0.2) is 0 Å². The highest BCUT2D eigenvalue weighted by Crippen LogP contribution is 2.40. The lowest BCUT2D eigenvalue weighted by Crippen LogP contribution is -2.16. The zero-order valence-electron chi connectivity index (χ0n) is 12.4. The molecule has 6 nitrogen and oxygen atoms in total. The first-order valence-electron chi connectivity index (χ1n) is 6.70. The van der Waals surface area contributed by atoms with Crippen LogP contribution >= 0.6 is 11.6 Å². The summed E-state index contributed by atoms with van der Waals surface area (Å²) in [5, 5.41) is 29.0. The van der Waals surface area contributed by atoms with E-state index in [1.54, 1.807) is 18.2 Å². The number of aromatic amines is 1. The number of phenolic OH excluding ortho intramolecular Hbond substituents is 1. The first-order valence-corrected chi connectivity index (χ1v) is 7.08. The Labute approximate surface area is 137 Å². The molecule has 0 bridgehead atoms. The third-order valence-electron chi connectivity index (χ3n) is 3.49. The molecule has 7 heteroatoms. The first-order chi connectivity index (χ1) is 10.8. The highest BCUT2D eigenvalue weighted by Gasteiger charge is 2.22. The second kappa shape index (κ2) is 6.04. The number of anilines is 1. The van der Waals surface area contributed by atoms with Crippen LogP contribution in [0.2, 0.25) is 5.02 Å². The van der Waals surface area contributed by atoms with Gasteiger partial charge in [-0.15, -0.1) is 0 Å². The molecular formula is C16H13ClN4O2. The molecule has 0 amide bonds. The van der Waals surface area contributed by atoms with Gasteiger partial charge in [0.05, 0.1) is 5.02 Å². The number of hydrogen-bond acceptors (Lipinski definition) is 5. The van der Waals surface area contributed by atoms with Crippen molar-refractivity contribution in [3.8, 4) is 29.0 Å². The van der Waals surface area contributed by atoms with Crippen molar-refractivity contribution in [3.63, 3.8) is 0 Å². The summed E-state index contributed by atoms with van der Waals surface area (Å²) in [4.78, 5) is 14.2. The summed E-state index contributed by atoms with van der Waals surface area (Å²) in [5.74, 6) is -0.395. The van der Waals surface area contributed by atoms with E-state index in [2.05, 4.69) is 4.98 Å². The molecule has 1 aromatic carbocycles. The van der Waals surface area contributed by atoms with Gasteiger partial charge >= 0.3 is 0 Å². The number of H-pyrrole nitrogens is 1. The number of halogens is 1. The van der Waals surface area contributed by atoms with Crippen LogP contribution in [-0.4, -0.2) is 10.1 Å². The molecule has 4 N–H and O–H groups in total. The molecule has 116 valence electrons. The minimum atomic E-state index is -0.732. The molecule has 2 rings (SSSR count). The van der Waals surface area contributed by atoms with Gasteiger partial charge in [0.2, 0.25) is 0 Å².